The van der Waals surface area contributed by atoms with Crippen LogP contribution in [0, 0.1) is 5.92 Å². The van der Waals surface area contributed by atoms with Crippen LogP contribution in [0.4, 0.5) is 5.95 Å². The van der Waals surface area contributed by atoms with Crippen molar-refractivity contribution in [2.24, 2.45) is 5.92 Å². The summed E-state index contributed by atoms with van der Waals surface area (Å²) in [6, 6.07) is 0. The third-order valence-corrected chi connectivity index (χ3v) is 1.25. The van der Waals surface area contributed by atoms with Crippen molar-refractivity contribution in [1.82, 2.24) is 15.2 Å². The van der Waals surface area contributed by atoms with Crippen molar-refractivity contribution in [3.8, 4) is 0 Å². The van der Waals surface area contributed by atoms with Crippen molar-refractivity contribution < 1.29 is 0 Å². The first-order valence-electron chi connectivity index (χ1n) is 3.84. The standard InChI is InChI=1S/C7H12N4O/c1-5(2)3-8-7-10-6(12)4-9-11-7/h4-5H,3H2,1-2H3,(H2,8,10,11,12). The summed E-state index contributed by atoms with van der Waals surface area (Å²) in [5.74, 6) is 0.937. The minimum absolute atomic E-state index is 0.240. The van der Waals surface area contributed by atoms with E-state index in [2.05, 4.69) is 34.3 Å². The van der Waals surface area contributed by atoms with Crippen LogP contribution in [0.2, 0.25) is 0 Å². The van der Waals surface area contributed by atoms with E-state index in [-0.39, 0.29) is 5.56 Å². The van der Waals surface area contributed by atoms with Gasteiger partial charge in [0.05, 0.1) is 0 Å². The maximum atomic E-state index is 10.7. The molecule has 12 heavy (non-hydrogen) atoms. The van der Waals surface area contributed by atoms with Gasteiger partial charge >= 0.3 is 0 Å². The largest absolute Gasteiger partial charge is 0.354 e. The normalized spacial score (nSPS) is 10.2. The second-order valence-electron chi connectivity index (χ2n) is 2.96. The predicted molar refractivity (Wildman–Crippen MR) is 46.0 cm³/mol. The molecule has 5 heteroatoms. The number of hydrogen-bond acceptors (Lipinski definition) is 4. The highest BCUT2D eigenvalue weighted by Crippen LogP contribution is 1.94. The Labute approximate surface area is 70.2 Å². The summed E-state index contributed by atoms with van der Waals surface area (Å²) in [5.41, 5.74) is -0.240. The molecule has 0 saturated heterocycles. The fourth-order valence-corrected chi connectivity index (χ4v) is 0.693. The smallest absolute Gasteiger partial charge is 0.271 e. The van der Waals surface area contributed by atoms with Crippen LogP contribution in [0.25, 0.3) is 0 Å². The molecule has 66 valence electrons. The molecule has 0 bridgehead atoms. The van der Waals surface area contributed by atoms with Gasteiger partial charge in [0, 0.05) is 6.54 Å². The minimum atomic E-state index is -0.240. The molecule has 5 nitrogen and oxygen atoms in total. The van der Waals surface area contributed by atoms with Crippen molar-refractivity contribution in [3.05, 3.63) is 16.6 Å². The van der Waals surface area contributed by atoms with Crippen LogP contribution in [0.15, 0.2) is 11.0 Å². The number of hydrogen-bond donors (Lipinski definition) is 2. The number of H-pyrrole nitrogens is 1. The zero-order chi connectivity index (χ0) is 8.97. The van der Waals surface area contributed by atoms with Crippen molar-refractivity contribution in [2.75, 3.05) is 11.9 Å². The summed E-state index contributed by atoms with van der Waals surface area (Å²) >= 11 is 0. The van der Waals surface area contributed by atoms with E-state index in [1.165, 1.54) is 0 Å². The molecule has 0 aliphatic rings. The molecule has 0 atom stereocenters. The first kappa shape index (κ1) is 8.70. The Balaban J connectivity index is 2.58. The molecule has 1 heterocycles. The van der Waals surface area contributed by atoms with Gasteiger partial charge in [-0.05, 0) is 5.92 Å². The molecular formula is C7H12N4O. The van der Waals surface area contributed by atoms with E-state index >= 15 is 0 Å². The Hall–Kier alpha value is -1.39. The van der Waals surface area contributed by atoms with E-state index in [9.17, 15) is 4.79 Å². The van der Waals surface area contributed by atoms with E-state index in [0.29, 0.717) is 11.9 Å². The first-order valence-corrected chi connectivity index (χ1v) is 3.84. The zero-order valence-corrected chi connectivity index (χ0v) is 7.16. The van der Waals surface area contributed by atoms with Crippen LogP contribution in [0.5, 0.6) is 0 Å². The number of nitrogens with zero attached hydrogens (tertiary/aromatic N) is 2. The van der Waals surface area contributed by atoms with Gasteiger partial charge < -0.3 is 5.32 Å². The summed E-state index contributed by atoms with van der Waals surface area (Å²) in [5, 5.41) is 10.2. The lowest BCUT2D eigenvalue weighted by Crippen LogP contribution is -2.16. The fourth-order valence-electron chi connectivity index (χ4n) is 0.693. The Morgan fingerprint density at radius 2 is 2.42 bits per heavy atom. The SMILES string of the molecule is CC(C)CNc1nncc(=O)[nH]1. The molecule has 0 fully saturated rings. The second-order valence-corrected chi connectivity index (χ2v) is 2.96. The molecule has 1 rings (SSSR count). The van der Waals surface area contributed by atoms with Crippen molar-refractivity contribution in [1.29, 1.82) is 0 Å². The highest BCUT2D eigenvalue weighted by molar-refractivity contribution is 5.19. The summed E-state index contributed by atoms with van der Waals surface area (Å²) in [6.07, 6.45) is 1.14. The molecule has 0 aliphatic carbocycles. The van der Waals surface area contributed by atoms with E-state index in [4.69, 9.17) is 0 Å². The Bertz CT molecular complexity index is 293. The molecule has 0 aliphatic heterocycles. The summed E-state index contributed by atoms with van der Waals surface area (Å²) in [6.45, 7) is 4.91. The number of anilines is 1. The maximum absolute atomic E-state index is 10.7. The van der Waals surface area contributed by atoms with Gasteiger partial charge in [-0.2, -0.15) is 0 Å². The van der Waals surface area contributed by atoms with Crippen LogP contribution in [-0.4, -0.2) is 21.7 Å². The van der Waals surface area contributed by atoms with Crippen LogP contribution in [-0.2, 0) is 0 Å². The lowest BCUT2D eigenvalue weighted by atomic mass is 10.2. The Morgan fingerprint density at radius 1 is 1.67 bits per heavy atom. The molecular weight excluding hydrogens is 156 g/mol. The zero-order valence-electron chi connectivity index (χ0n) is 7.16. The van der Waals surface area contributed by atoms with Crippen LogP contribution >= 0.6 is 0 Å². The third-order valence-electron chi connectivity index (χ3n) is 1.25. The average molecular weight is 168 g/mol. The Kier molecular flexibility index (Phi) is 2.79. The van der Waals surface area contributed by atoms with Gasteiger partial charge in [-0.15, -0.1) is 10.2 Å². The molecule has 1 aromatic heterocycles. The fraction of sp³-hybridized carbons (Fsp3) is 0.571. The second kappa shape index (κ2) is 3.85. The number of rotatable bonds is 3. The van der Waals surface area contributed by atoms with E-state index < -0.39 is 0 Å². The maximum Gasteiger partial charge on any atom is 0.271 e. The molecule has 0 spiro atoms. The van der Waals surface area contributed by atoms with Gasteiger partial charge in [0.25, 0.3) is 5.56 Å². The molecule has 2 N–H and O–H groups in total. The van der Waals surface area contributed by atoms with Gasteiger partial charge in [0.1, 0.15) is 6.20 Å². The third kappa shape index (κ3) is 2.69. The predicted octanol–water partition coefficient (Wildman–Crippen LogP) is 0.233. The number of aromatic amines is 1. The van der Waals surface area contributed by atoms with Crippen LogP contribution in [0.3, 0.4) is 0 Å². The van der Waals surface area contributed by atoms with Gasteiger partial charge in [0.2, 0.25) is 5.95 Å². The topological polar surface area (TPSA) is 70.7 Å². The van der Waals surface area contributed by atoms with Crippen LogP contribution < -0.4 is 10.9 Å². The summed E-state index contributed by atoms with van der Waals surface area (Å²) < 4.78 is 0. The highest BCUT2D eigenvalue weighted by atomic mass is 16.1. The lowest BCUT2D eigenvalue weighted by Gasteiger charge is -2.05. The highest BCUT2D eigenvalue weighted by Gasteiger charge is 1.96. The average Bonchev–Trinajstić information content (AvgIpc) is 2.01. The number of nitrogens with one attached hydrogen (secondary N) is 2. The molecule has 1 aromatic rings. The summed E-state index contributed by atoms with van der Waals surface area (Å²) in [4.78, 5) is 13.3. The number of aromatic nitrogens is 3. The molecule has 0 radical (unpaired) electrons. The van der Waals surface area contributed by atoms with Gasteiger partial charge in [-0.25, -0.2) is 0 Å². The van der Waals surface area contributed by atoms with Crippen molar-refractivity contribution in [2.45, 2.75) is 13.8 Å². The van der Waals surface area contributed by atoms with Gasteiger partial charge in [0.15, 0.2) is 0 Å². The molecule has 0 aromatic carbocycles. The van der Waals surface area contributed by atoms with Crippen LogP contribution in [0.1, 0.15) is 13.8 Å². The first-order chi connectivity index (χ1) is 5.68. The van der Waals surface area contributed by atoms with Crippen molar-refractivity contribution in [3.63, 3.8) is 0 Å². The Morgan fingerprint density at radius 3 is 3.00 bits per heavy atom. The minimum Gasteiger partial charge on any atom is -0.354 e. The molecule has 0 saturated carbocycles. The van der Waals surface area contributed by atoms with Gasteiger partial charge in [-0.3, -0.25) is 9.78 Å². The van der Waals surface area contributed by atoms with Gasteiger partial charge in [-0.1, -0.05) is 13.8 Å². The van der Waals surface area contributed by atoms with Crippen molar-refractivity contribution >= 4 is 5.95 Å². The van der Waals surface area contributed by atoms with E-state index in [1.54, 1.807) is 0 Å². The summed E-state index contributed by atoms with van der Waals surface area (Å²) in [7, 11) is 0. The quantitative estimate of drug-likeness (QED) is 0.678. The van der Waals surface area contributed by atoms with E-state index in [1.807, 2.05) is 0 Å². The molecule has 0 amide bonds. The van der Waals surface area contributed by atoms with E-state index in [0.717, 1.165) is 12.7 Å². The monoisotopic (exact) mass is 168 g/mol. The molecule has 0 unspecified atom stereocenters. The lowest BCUT2D eigenvalue weighted by molar-refractivity contribution is 0.682.